The van der Waals surface area contributed by atoms with E-state index in [0.29, 0.717) is 16.3 Å². The van der Waals surface area contributed by atoms with Crippen LogP contribution in [0.15, 0.2) is 71.4 Å². The van der Waals surface area contributed by atoms with Gasteiger partial charge in [0.1, 0.15) is 18.2 Å². The van der Waals surface area contributed by atoms with Gasteiger partial charge in [0.25, 0.3) is 0 Å². The van der Waals surface area contributed by atoms with Crippen molar-refractivity contribution in [2.24, 2.45) is 4.99 Å². The Hall–Kier alpha value is -1.98. The zero-order valence-electron chi connectivity index (χ0n) is 15.7. The van der Waals surface area contributed by atoms with Crippen molar-refractivity contribution in [2.45, 2.75) is 6.61 Å². The predicted octanol–water partition coefficient (Wildman–Crippen LogP) is 6.61. The van der Waals surface area contributed by atoms with Crippen molar-refractivity contribution in [3.63, 3.8) is 0 Å². The molecule has 0 spiro atoms. The summed E-state index contributed by atoms with van der Waals surface area (Å²) in [4.78, 5) is 16.6. The Balaban J connectivity index is 1.57. The lowest BCUT2D eigenvalue weighted by Gasteiger charge is -2.11. The molecule has 0 saturated carbocycles. The highest BCUT2D eigenvalue weighted by atomic mass is 127. The van der Waals surface area contributed by atoms with Crippen LogP contribution >= 0.6 is 56.8 Å². The maximum Gasteiger partial charge on any atom is 0.363 e. The van der Waals surface area contributed by atoms with Crippen LogP contribution in [0.5, 0.6) is 5.75 Å². The van der Waals surface area contributed by atoms with E-state index >= 15 is 0 Å². The molecule has 0 amide bonds. The van der Waals surface area contributed by atoms with Crippen molar-refractivity contribution in [2.75, 3.05) is 0 Å². The Morgan fingerprint density at radius 1 is 1.06 bits per heavy atom. The van der Waals surface area contributed by atoms with Crippen molar-refractivity contribution >= 4 is 74.7 Å². The second kappa shape index (κ2) is 9.66. The van der Waals surface area contributed by atoms with Crippen molar-refractivity contribution in [3.8, 4) is 5.75 Å². The minimum Gasteiger partial charge on any atom is -0.487 e. The lowest BCUT2D eigenvalue weighted by Crippen LogP contribution is -2.05. The molecule has 0 unspecified atom stereocenters. The zero-order chi connectivity index (χ0) is 22.0. The molecule has 4 rings (SSSR count). The molecule has 0 N–H and O–H groups in total. The molecule has 0 fully saturated rings. The van der Waals surface area contributed by atoms with E-state index in [1.807, 2.05) is 18.2 Å². The fraction of sp³-hybridized carbons (Fsp3) is 0.0435. The number of rotatable bonds is 5. The van der Waals surface area contributed by atoms with E-state index in [1.165, 1.54) is 12.1 Å². The van der Waals surface area contributed by atoms with E-state index < -0.39 is 5.97 Å². The quantitative estimate of drug-likeness (QED) is 0.176. The van der Waals surface area contributed by atoms with Gasteiger partial charge in [-0.15, -0.1) is 0 Å². The second-order valence-electron chi connectivity index (χ2n) is 6.55. The van der Waals surface area contributed by atoms with Gasteiger partial charge in [-0.05, 0) is 98.8 Å². The molecule has 0 atom stereocenters. The van der Waals surface area contributed by atoms with Gasteiger partial charge in [-0.3, -0.25) is 0 Å². The molecule has 0 aliphatic carbocycles. The first-order chi connectivity index (χ1) is 14.9. The molecule has 156 valence electrons. The third kappa shape index (κ3) is 5.27. The lowest BCUT2D eigenvalue weighted by atomic mass is 10.2. The van der Waals surface area contributed by atoms with Gasteiger partial charge in [0.15, 0.2) is 5.70 Å². The summed E-state index contributed by atoms with van der Waals surface area (Å²) in [7, 11) is 0. The highest BCUT2D eigenvalue weighted by molar-refractivity contribution is 14.1. The van der Waals surface area contributed by atoms with Gasteiger partial charge in [0, 0.05) is 0 Å². The molecule has 0 aromatic heterocycles. The van der Waals surface area contributed by atoms with Crippen LogP contribution in [0.4, 0.5) is 4.39 Å². The predicted molar refractivity (Wildman–Crippen MR) is 135 cm³/mol. The highest BCUT2D eigenvalue weighted by Crippen LogP contribution is 2.31. The topological polar surface area (TPSA) is 47.9 Å². The Morgan fingerprint density at radius 2 is 1.81 bits per heavy atom. The summed E-state index contributed by atoms with van der Waals surface area (Å²) < 4.78 is 26.3. The van der Waals surface area contributed by atoms with E-state index in [4.69, 9.17) is 21.1 Å². The highest BCUT2D eigenvalue weighted by Gasteiger charge is 2.25. The van der Waals surface area contributed by atoms with Gasteiger partial charge < -0.3 is 9.47 Å². The Bertz CT molecular complexity index is 1220. The third-order valence-electron chi connectivity index (χ3n) is 4.32. The fourth-order valence-corrected chi connectivity index (χ4v) is 5.24. The summed E-state index contributed by atoms with van der Waals surface area (Å²) in [6.45, 7) is 0.252. The molecule has 0 bridgehead atoms. The van der Waals surface area contributed by atoms with E-state index in [2.05, 4.69) is 50.2 Å². The molecule has 1 aliphatic rings. The van der Waals surface area contributed by atoms with Crippen LogP contribution in [0.1, 0.15) is 16.7 Å². The molecule has 31 heavy (non-hydrogen) atoms. The number of hydrogen-bond acceptors (Lipinski definition) is 4. The Morgan fingerprint density at radius 3 is 2.52 bits per heavy atom. The number of benzene rings is 3. The minimum atomic E-state index is -0.536. The largest absolute Gasteiger partial charge is 0.487 e. The first kappa shape index (κ1) is 22.2. The van der Waals surface area contributed by atoms with Gasteiger partial charge in [0.2, 0.25) is 5.90 Å². The summed E-state index contributed by atoms with van der Waals surface area (Å²) in [5, 5.41) is 0.458. The number of hydrogen-bond donors (Lipinski definition) is 0. The summed E-state index contributed by atoms with van der Waals surface area (Å²) in [6.07, 6.45) is 1.66. The summed E-state index contributed by atoms with van der Waals surface area (Å²) >= 11 is 10.5. The first-order valence-corrected chi connectivity index (χ1v) is 11.6. The maximum absolute atomic E-state index is 13.4. The van der Waals surface area contributed by atoms with E-state index in [-0.39, 0.29) is 24.0 Å². The standard InChI is InChI=1S/C23H13ClFI2NO3/c24-17-7-2-1-6-16(17)22-28-20(23(29)31-22)11-14-9-18(26)21(19(27)10-14)30-12-13-4-3-5-15(25)8-13/h1-11H,12H2/b20-11-. The number of nitrogens with zero attached hydrogens (tertiary/aromatic N) is 1. The van der Waals surface area contributed by atoms with Gasteiger partial charge in [-0.25, -0.2) is 14.2 Å². The molecule has 0 radical (unpaired) electrons. The number of aliphatic imine (C=N–C) groups is 1. The lowest BCUT2D eigenvalue weighted by molar-refractivity contribution is -0.129. The van der Waals surface area contributed by atoms with Crippen molar-refractivity contribution in [1.29, 1.82) is 0 Å². The molecule has 3 aromatic rings. The van der Waals surface area contributed by atoms with Gasteiger partial charge in [-0.1, -0.05) is 35.9 Å². The van der Waals surface area contributed by atoms with Gasteiger partial charge >= 0.3 is 5.97 Å². The number of esters is 1. The average molecular weight is 660 g/mol. The molecule has 3 aromatic carbocycles. The average Bonchev–Trinajstić information content (AvgIpc) is 3.08. The normalized spacial score (nSPS) is 14.5. The third-order valence-corrected chi connectivity index (χ3v) is 6.25. The number of cyclic esters (lactones) is 1. The smallest absolute Gasteiger partial charge is 0.363 e. The van der Waals surface area contributed by atoms with E-state index in [0.717, 1.165) is 18.3 Å². The van der Waals surface area contributed by atoms with E-state index in [1.54, 1.807) is 36.4 Å². The van der Waals surface area contributed by atoms with Crippen molar-refractivity contribution < 1.29 is 18.7 Å². The van der Waals surface area contributed by atoms with Crippen LogP contribution in [-0.4, -0.2) is 11.9 Å². The first-order valence-electron chi connectivity index (χ1n) is 9.04. The van der Waals surface area contributed by atoms with Crippen LogP contribution in [-0.2, 0) is 16.1 Å². The van der Waals surface area contributed by atoms with Gasteiger partial charge in [-0.2, -0.15) is 0 Å². The number of halogens is 4. The van der Waals surface area contributed by atoms with Crippen LogP contribution in [0, 0.1) is 13.0 Å². The SMILES string of the molecule is O=C1OC(c2ccccc2Cl)=N/C1=C\c1cc(I)c(OCc2cccc(F)c2)c(I)c1. The second-order valence-corrected chi connectivity index (χ2v) is 9.28. The number of ether oxygens (including phenoxy) is 2. The van der Waals surface area contributed by atoms with E-state index in [9.17, 15) is 9.18 Å². The maximum atomic E-state index is 13.4. The van der Waals surface area contributed by atoms with Crippen LogP contribution < -0.4 is 4.74 Å². The molecule has 8 heteroatoms. The number of carbonyl (C=O) groups excluding carboxylic acids is 1. The van der Waals surface area contributed by atoms with Crippen LogP contribution in [0.2, 0.25) is 5.02 Å². The molecule has 0 saturated heterocycles. The molecule has 1 heterocycles. The number of carbonyl (C=O) groups is 1. The summed E-state index contributed by atoms with van der Waals surface area (Å²) in [6, 6.07) is 17.1. The van der Waals surface area contributed by atoms with Crippen molar-refractivity contribution in [1.82, 2.24) is 0 Å². The minimum absolute atomic E-state index is 0.182. The van der Waals surface area contributed by atoms with Crippen LogP contribution in [0.3, 0.4) is 0 Å². The Labute approximate surface area is 210 Å². The van der Waals surface area contributed by atoms with Gasteiger partial charge in [0.05, 0.1) is 17.7 Å². The molecular formula is C23H13ClFI2NO3. The Kier molecular flexibility index (Phi) is 6.92. The molecular weight excluding hydrogens is 647 g/mol. The van der Waals surface area contributed by atoms with Crippen LogP contribution in [0.25, 0.3) is 6.08 Å². The zero-order valence-corrected chi connectivity index (χ0v) is 20.8. The molecule has 1 aliphatic heterocycles. The summed E-state index contributed by atoms with van der Waals surface area (Å²) in [5.74, 6) is 0.0437. The fourth-order valence-electron chi connectivity index (χ4n) is 2.90. The summed E-state index contributed by atoms with van der Waals surface area (Å²) in [5.41, 5.74) is 2.28. The monoisotopic (exact) mass is 659 g/mol. The molecule has 4 nitrogen and oxygen atoms in total. The van der Waals surface area contributed by atoms with Crippen molar-refractivity contribution in [3.05, 3.63) is 101 Å².